The van der Waals surface area contributed by atoms with E-state index in [0.717, 1.165) is 18.2 Å². The number of aromatic hydroxyl groups is 2. The Morgan fingerprint density at radius 2 is 1.63 bits per heavy atom. The molecule has 1 aliphatic rings. The maximum absolute atomic E-state index is 11.7. The quantitative estimate of drug-likeness (QED) is 0.545. The molecule has 0 aliphatic heterocycles. The highest BCUT2D eigenvalue weighted by atomic mass is 32.2. The molecule has 0 saturated carbocycles. The highest BCUT2D eigenvalue weighted by Crippen LogP contribution is 2.37. The molecule has 8 heteroatoms. The van der Waals surface area contributed by atoms with Crippen LogP contribution in [0.4, 0.5) is 0 Å². The maximum atomic E-state index is 11.7. The van der Waals surface area contributed by atoms with Crippen LogP contribution in [0.2, 0.25) is 0 Å². The summed E-state index contributed by atoms with van der Waals surface area (Å²) in [5.41, 5.74) is 0.707. The van der Waals surface area contributed by atoms with Gasteiger partial charge in [-0.3, -0.25) is 4.79 Å². The van der Waals surface area contributed by atoms with E-state index in [1.54, 1.807) is 0 Å². The first kappa shape index (κ1) is 18.4. The van der Waals surface area contributed by atoms with Gasteiger partial charge in [0.25, 0.3) is 0 Å². The molecular weight excluding hydrogens is 372 g/mol. The Morgan fingerprint density at radius 1 is 0.926 bits per heavy atom. The molecule has 0 fully saturated rings. The Morgan fingerprint density at radius 3 is 2.26 bits per heavy atom. The van der Waals surface area contributed by atoms with E-state index in [1.807, 2.05) is 0 Å². The van der Waals surface area contributed by atoms with Gasteiger partial charge in [0.2, 0.25) is 5.78 Å². The van der Waals surface area contributed by atoms with Crippen LogP contribution in [-0.2, 0) is 14.9 Å². The number of hydrogen-bond donors (Lipinski definition) is 3. The molecule has 0 atom stereocenters. The maximum Gasteiger partial charge on any atom is 0.220 e. The lowest BCUT2D eigenvalue weighted by Gasteiger charge is -2.19. The highest BCUT2D eigenvalue weighted by molar-refractivity contribution is 7.85. The molecule has 0 saturated heterocycles. The Kier molecular flexibility index (Phi) is 4.61. The van der Waals surface area contributed by atoms with E-state index in [1.165, 1.54) is 42.5 Å². The van der Waals surface area contributed by atoms with Gasteiger partial charge in [0.15, 0.2) is 17.3 Å². The smallest absolute Gasteiger partial charge is 0.220 e. The normalized spacial score (nSPS) is 16.2. The number of carbonyl (C=O) groups is 1. The zero-order valence-corrected chi connectivity index (χ0v) is 14.5. The number of carbonyl (C=O) groups excluding carboxylic acids is 1. The van der Waals surface area contributed by atoms with Crippen molar-refractivity contribution >= 4 is 21.5 Å². The number of phenols is 2. The van der Waals surface area contributed by atoms with E-state index >= 15 is 0 Å². The molecule has 0 heterocycles. The average Bonchev–Trinajstić information content (AvgIpc) is 2.61. The zero-order chi connectivity index (χ0) is 19.8. The minimum Gasteiger partial charge on any atom is -0.744 e. The Hall–Kier alpha value is -3.36. The van der Waals surface area contributed by atoms with E-state index in [-0.39, 0.29) is 28.0 Å². The molecule has 27 heavy (non-hydrogen) atoms. The molecular formula is C19H13O7S-. The highest BCUT2D eigenvalue weighted by Gasteiger charge is 2.20. The van der Waals surface area contributed by atoms with Crippen molar-refractivity contribution in [3.8, 4) is 11.5 Å². The van der Waals surface area contributed by atoms with Crippen LogP contribution in [0, 0.1) is 0 Å². The first-order valence-corrected chi connectivity index (χ1v) is 9.04. The van der Waals surface area contributed by atoms with Crippen LogP contribution in [0.5, 0.6) is 11.5 Å². The molecule has 3 N–H and O–H groups in total. The van der Waals surface area contributed by atoms with Gasteiger partial charge in [0, 0.05) is 5.56 Å². The third kappa shape index (κ3) is 3.62. The monoisotopic (exact) mass is 385 g/mol. The Labute approximate surface area is 154 Å². The molecule has 7 nitrogen and oxygen atoms in total. The zero-order valence-electron chi connectivity index (χ0n) is 13.7. The van der Waals surface area contributed by atoms with E-state index in [2.05, 4.69) is 0 Å². The lowest BCUT2D eigenvalue weighted by Crippen LogP contribution is -2.07. The molecule has 2 aromatic carbocycles. The van der Waals surface area contributed by atoms with Crippen LogP contribution in [0.15, 0.2) is 76.9 Å². The topological polar surface area (TPSA) is 135 Å². The van der Waals surface area contributed by atoms with Gasteiger partial charge in [-0.05, 0) is 47.1 Å². The lowest BCUT2D eigenvalue weighted by atomic mass is 9.90. The molecule has 0 amide bonds. The summed E-state index contributed by atoms with van der Waals surface area (Å²) >= 11 is 0. The van der Waals surface area contributed by atoms with Gasteiger partial charge in [-0.2, -0.15) is 0 Å². The van der Waals surface area contributed by atoms with Crippen molar-refractivity contribution in [1.82, 2.24) is 0 Å². The summed E-state index contributed by atoms with van der Waals surface area (Å²) in [6.07, 6.45) is 3.59. The van der Waals surface area contributed by atoms with Crippen molar-refractivity contribution in [3.05, 3.63) is 83.2 Å². The second kappa shape index (κ2) is 6.75. The van der Waals surface area contributed by atoms with Crippen LogP contribution in [0.3, 0.4) is 0 Å². The number of aliphatic hydroxyl groups excluding tert-OH is 1. The molecule has 138 valence electrons. The summed E-state index contributed by atoms with van der Waals surface area (Å²) in [6, 6.07) is 9.22. The molecule has 0 aromatic heterocycles. The van der Waals surface area contributed by atoms with Gasteiger partial charge in [-0.15, -0.1) is 0 Å². The van der Waals surface area contributed by atoms with Crippen molar-refractivity contribution < 1.29 is 33.1 Å². The molecule has 0 radical (unpaired) electrons. The SMILES string of the molecule is O=C1C=C/C(=C(/c2ccc(O)c(O)c2)c2ccccc2S(=O)(=O)[O-])C=C1O. The number of aliphatic hydroxyl groups is 1. The van der Waals surface area contributed by atoms with E-state index < -0.39 is 32.3 Å². The number of phenolic OH excluding ortho intramolecular Hbond substituents is 2. The van der Waals surface area contributed by atoms with Crippen molar-refractivity contribution in [2.45, 2.75) is 4.90 Å². The predicted octanol–water partition coefficient (Wildman–Crippen LogP) is 2.38. The first-order chi connectivity index (χ1) is 12.7. The summed E-state index contributed by atoms with van der Waals surface area (Å²) in [4.78, 5) is 11.0. The minimum atomic E-state index is -4.84. The lowest BCUT2D eigenvalue weighted by molar-refractivity contribution is -0.113. The number of benzene rings is 2. The second-order valence-corrected chi connectivity index (χ2v) is 7.06. The predicted molar refractivity (Wildman–Crippen MR) is 95.1 cm³/mol. The number of allylic oxidation sites excluding steroid dienone is 4. The third-order valence-electron chi connectivity index (χ3n) is 3.94. The third-order valence-corrected chi connectivity index (χ3v) is 4.83. The molecule has 1 aliphatic carbocycles. The molecule has 0 unspecified atom stereocenters. The van der Waals surface area contributed by atoms with Gasteiger partial charge in [-0.1, -0.05) is 30.3 Å². The summed E-state index contributed by atoms with van der Waals surface area (Å²) in [5.74, 6) is -2.04. The number of hydrogen-bond acceptors (Lipinski definition) is 7. The summed E-state index contributed by atoms with van der Waals surface area (Å²) < 4.78 is 35.1. The Balaban J connectivity index is 2.40. The van der Waals surface area contributed by atoms with E-state index in [0.29, 0.717) is 0 Å². The number of ketones is 1. The standard InChI is InChI=1S/C19H14O7S/c20-14-7-5-11(9-16(14)22)19(12-6-8-15(21)17(23)10-12)13-3-1-2-4-18(13)27(24,25)26/h1-10,20,22-23H,(H,24,25,26)/p-1/b19-12+. The van der Waals surface area contributed by atoms with E-state index in [4.69, 9.17) is 0 Å². The van der Waals surface area contributed by atoms with Crippen LogP contribution in [-0.4, -0.2) is 34.1 Å². The van der Waals surface area contributed by atoms with E-state index in [9.17, 15) is 33.1 Å². The largest absolute Gasteiger partial charge is 0.744 e. The fourth-order valence-electron chi connectivity index (χ4n) is 2.72. The first-order valence-electron chi connectivity index (χ1n) is 7.63. The van der Waals surface area contributed by atoms with Crippen molar-refractivity contribution in [3.63, 3.8) is 0 Å². The van der Waals surface area contributed by atoms with Gasteiger partial charge < -0.3 is 19.9 Å². The van der Waals surface area contributed by atoms with Crippen LogP contribution >= 0.6 is 0 Å². The average molecular weight is 385 g/mol. The second-order valence-electron chi connectivity index (χ2n) is 5.71. The summed E-state index contributed by atoms with van der Waals surface area (Å²) in [5, 5.41) is 29.1. The summed E-state index contributed by atoms with van der Waals surface area (Å²) in [6.45, 7) is 0. The molecule has 2 aromatic rings. The van der Waals surface area contributed by atoms with Gasteiger partial charge in [0.05, 0.1) is 4.90 Å². The van der Waals surface area contributed by atoms with Crippen LogP contribution in [0.25, 0.3) is 5.57 Å². The van der Waals surface area contributed by atoms with Crippen LogP contribution < -0.4 is 0 Å². The molecule has 3 rings (SSSR count). The fourth-order valence-corrected chi connectivity index (χ4v) is 3.41. The number of rotatable bonds is 3. The molecule has 0 spiro atoms. The minimum absolute atomic E-state index is 0.0237. The van der Waals surface area contributed by atoms with Gasteiger partial charge in [-0.25, -0.2) is 8.42 Å². The molecule has 0 bridgehead atoms. The van der Waals surface area contributed by atoms with Gasteiger partial charge >= 0.3 is 0 Å². The van der Waals surface area contributed by atoms with Crippen LogP contribution in [0.1, 0.15) is 11.1 Å². The van der Waals surface area contributed by atoms with Crippen molar-refractivity contribution in [2.24, 2.45) is 0 Å². The van der Waals surface area contributed by atoms with Crippen molar-refractivity contribution in [2.75, 3.05) is 0 Å². The Bertz CT molecular complexity index is 1140. The van der Waals surface area contributed by atoms with Crippen molar-refractivity contribution in [1.29, 1.82) is 0 Å². The fraction of sp³-hybridized carbons (Fsp3) is 0. The summed E-state index contributed by atoms with van der Waals surface area (Å²) in [7, 11) is -4.84. The van der Waals surface area contributed by atoms with Gasteiger partial charge in [0.1, 0.15) is 10.1 Å².